The Morgan fingerprint density at radius 3 is 2.71 bits per heavy atom. The molecule has 0 radical (unpaired) electrons. The Hall–Kier alpha value is -2.11. The van der Waals surface area contributed by atoms with E-state index in [2.05, 4.69) is 5.32 Å². The minimum atomic E-state index is -1.01. The lowest BCUT2D eigenvalue weighted by atomic mass is 10.2. The fourth-order valence-electron chi connectivity index (χ4n) is 1.19. The third-order valence-corrected chi connectivity index (χ3v) is 2.04. The summed E-state index contributed by atoms with van der Waals surface area (Å²) in [5, 5.41) is 10.7. The van der Waals surface area contributed by atoms with Gasteiger partial charge in [-0.15, -0.1) is 0 Å². The van der Waals surface area contributed by atoms with Crippen LogP contribution in [0.15, 0.2) is 18.2 Å². The molecule has 0 aliphatic rings. The Bertz CT molecular complexity index is 433. The second-order valence-corrected chi connectivity index (χ2v) is 3.25. The lowest BCUT2D eigenvalue weighted by Crippen LogP contribution is -2.26. The Morgan fingerprint density at radius 2 is 2.18 bits per heavy atom. The summed E-state index contributed by atoms with van der Waals surface area (Å²) in [7, 11) is 1.32. The molecule has 2 N–H and O–H groups in total. The zero-order valence-corrected chi connectivity index (χ0v) is 9.20. The molecule has 1 rings (SSSR count). The minimum Gasteiger partial charge on any atom is -0.494 e. The molecule has 92 valence electrons. The standard InChI is InChI=1S/C11H12FNO4/c1-17-9-3-2-7(6-8(9)12)11(16)13-5-4-10(14)15/h2-3,6H,4-5H2,1H3,(H,13,16)(H,14,15). The van der Waals surface area contributed by atoms with E-state index in [1.807, 2.05) is 0 Å². The van der Waals surface area contributed by atoms with Gasteiger partial charge in [0.1, 0.15) is 0 Å². The molecule has 0 bridgehead atoms. The Kier molecular flexibility index (Phi) is 4.45. The number of ether oxygens (including phenoxy) is 1. The minimum absolute atomic E-state index is 0.00180. The smallest absolute Gasteiger partial charge is 0.305 e. The molecule has 0 saturated heterocycles. The van der Waals surface area contributed by atoms with Crippen molar-refractivity contribution in [3.8, 4) is 5.75 Å². The van der Waals surface area contributed by atoms with Crippen molar-refractivity contribution < 1.29 is 23.8 Å². The SMILES string of the molecule is COc1ccc(C(=O)NCCC(=O)O)cc1F. The van der Waals surface area contributed by atoms with E-state index in [1.165, 1.54) is 19.2 Å². The summed E-state index contributed by atoms with van der Waals surface area (Å²) < 4.78 is 18.0. The second kappa shape index (κ2) is 5.83. The molecule has 0 heterocycles. The third-order valence-electron chi connectivity index (χ3n) is 2.04. The van der Waals surface area contributed by atoms with Crippen molar-refractivity contribution in [1.29, 1.82) is 0 Å². The van der Waals surface area contributed by atoms with Gasteiger partial charge in [0.25, 0.3) is 5.91 Å². The zero-order valence-electron chi connectivity index (χ0n) is 9.20. The highest BCUT2D eigenvalue weighted by Gasteiger charge is 2.09. The number of carbonyl (C=O) groups is 2. The monoisotopic (exact) mass is 241 g/mol. The number of methoxy groups -OCH3 is 1. The van der Waals surface area contributed by atoms with E-state index in [0.29, 0.717) is 0 Å². The van der Waals surface area contributed by atoms with Gasteiger partial charge in [-0.2, -0.15) is 0 Å². The van der Waals surface area contributed by atoms with Crippen LogP contribution in [0, 0.1) is 5.82 Å². The third kappa shape index (κ3) is 3.75. The number of nitrogens with one attached hydrogen (secondary N) is 1. The summed E-state index contributed by atoms with van der Waals surface area (Å²) in [6.45, 7) is 0.00180. The topological polar surface area (TPSA) is 75.6 Å². The van der Waals surface area contributed by atoms with Crippen LogP contribution in [0.1, 0.15) is 16.8 Å². The summed E-state index contributed by atoms with van der Waals surface area (Å²) in [5.74, 6) is -2.12. The lowest BCUT2D eigenvalue weighted by Gasteiger charge is -2.05. The van der Waals surface area contributed by atoms with Crippen LogP contribution in [0.3, 0.4) is 0 Å². The number of halogens is 1. The molecule has 1 amide bonds. The van der Waals surface area contributed by atoms with Gasteiger partial charge in [-0.3, -0.25) is 9.59 Å². The summed E-state index contributed by atoms with van der Waals surface area (Å²) >= 11 is 0. The number of carbonyl (C=O) groups excluding carboxylic acids is 1. The van der Waals surface area contributed by atoms with Crippen LogP contribution in [0.2, 0.25) is 0 Å². The molecular formula is C11H12FNO4. The van der Waals surface area contributed by atoms with E-state index in [9.17, 15) is 14.0 Å². The van der Waals surface area contributed by atoms with Gasteiger partial charge < -0.3 is 15.2 Å². The normalized spacial score (nSPS) is 9.76. The van der Waals surface area contributed by atoms with E-state index in [0.717, 1.165) is 6.07 Å². The van der Waals surface area contributed by atoms with Crippen molar-refractivity contribution in [2.45, 2.75) is 6.42 Å². The largest absolute Gasteiger partial charge is 0.494 e. The van der Waals surface area contributed by atoms with Gasteiger partial charge in [-0.1, -0.05) is 0 Å². The van der Waals surface area contributed by atoms with Gasteiger partial charge >= 0.3 is 5.97 Å². The first-order chi connectivity index (χ1) is 8.04. The summed E-state index contributed by atoms with van der Waals surface area (Å²) in [6, 6.07) is 3.77. The van der Waals surface area contributed by atoms with Crippen LogP contribution in [-0.2, 0) is 4.79 Å². The van der Waals surface area contributed by atoms with Crippen molar-refractivity contribution >= 4 is 11.9 Å². The number of hydrogen-bond donors (Lipinski definition) is 2. The highest BCUT2D eigenvalue weighted by molar-refractivity contribution is 5.94. The molecule has 0 aliphatic carbocycles. The molecule has 6 heteroatoms. The number of carboxylic acids is 1. The molecule has 0 aliphatic heterocycles. The molecule has 0 spiro atoms. The quantitative estimate of drug-likeness (QED) is 0.807. The van der Waals surface area contributed by atoms with Crippen molar-refractivity contribution in [1.82, 2.24) is 5.32 Å². The summed E-state index contributed by atoms with van der Waals surface area (Å²) in [4.78, 5) is 21.7. The average Bonchev–Trinajstić information content (AvgIpc) is 2.28. The molecule has 17 heavy (non-hydrogen) atoms. The van der Waals surface area contributed by atoms with Crippen LogP contribution in [0.25, 0.3) is 0 Å². The fourth-order valence-corrected chi connectivity index (χ4v) is 1.19. The summed E-state index contributed by atoms with van der Waals surface area (Å²) in [5.41, 5.74) is 0.119. The van der Waals surface area contributed by atoms with Crippen LogP contribution >= 0.6 is 0 Å². The predicted molar refractivity (Wildman–Crippen MR) is 57.5 cm³/mol. The number of amides is 1. The maximum Gasteiger partial charge on any atom is 0.305 e. The first-order valence-corrected chi connectivity index (χ1v) is 4.88. The van der Waals surface area contributed by atoms with Crippen molar-refractivity contribution in [3.05, 3.63) is 29.6 Å². The van der Waals surface area contributed by atoms with Crippen molar-refractivity contribution in [3.63, 3.8) is 0 Å². The molecule has 0 unspecified atom stereocenters. The number of rotatable bonds is 5. The molecule has 1 aromatic carbocycles. The molecule has 5 nitrogen and oxygen atoms in total. The molecule has 0 aromatic heterocycles. The van der Waals surface area contributed by atoms with E-state index in [-0.39, 0.29) is 24.3 Å². The molecule has 0 fully saturated rings. The van der Waals surface area contributed by atoms with Crippen LogP contribution < -0.4 is 10.1 Å². The van der Waals surface area contributed by atoms with Gasteiger partial charge in [0.2, 0.25) is 0 Å². The van der Waals surface area contributed by atoms with Gasteiger partial charge in [0, 0.05) is 12.1 Å². The van der Waals surface area contributed by atoms with E-state index >= 15 is 0 Å². The van der Waals surface area contributed by atoms with Gasteiger partial charge in [0.05, 0.1) is 13.5 Å². The Morgan fingerprint density at radius 1 is 1.47 bits per heavy atom. The number of hydrogen-bond acceptors (Lipinski definition) is 3. The highest BCUT2D eigenvalue weighted by Crippen LogP contribution is 2.17. The Balaban J connectivity index is 2.63. The Labute approximate surface area is 97.2 Å². The number of benzene rings is 1. The maximum atomic E-state index is 13.3. The van der Waals surface area contributed by atoms with Crippen LogP contribution in [0.5, 0.6) is 5.75 Å². The van der Waals surface area contributed by atoms with Crippen LogP contribution in [-0.4, -0.2) is 30.6 Å². The van der Waals surface area contributed by atoms with Gasteiger partial charge in [-0.25, -0.2) is 4.39 Å². The maximum absolute atomic E-state index is 13.3. The first kappa shape index (κ1) is 13.0. The molecule has 0 saturated carbocycles. The van der Waals surface area contributed by atoms with Crippen molar-refractivity contribution in [2.24, 2.45) is 0 Å². The van der Waals surface area contributed by atoms with E-state index in [1.54, 1.807) is 0 Å². The fraction of sp³-hybridized carbons (Fsp3) is 0.273. The van der Waals surface area contributed by atoms with Crippen LogP contribution in [0.4, 0.5) is 4.39 Å². The van der Waals surface area contributed by atoms with E-state index < -0.39 is 17.7 Å². The van der Waals surface area contributed by atoms with E-state index in [4.69, 9.17) is 9.84 Å². The number of aliphatic carboxylic acids is 1. The van der Waals surface area contributed by atoms with Crippen molar-refractivity contribution in [2.75, 3.05) is 13.7 Å². The average molecular weight is 241 g/mol. The second-order valence-electron chi connectivity index (χ2n) is 3.25. The molecular weight excluding hydrogens is 229 g/mol. The molecule has 1 aromatic rings. The lowest BCUT2D eigenvalue weighted by molar-refractivity contribution is -0.136. The highest BCUT2D eigenvalue weighted by atomic mass is 19.1. The predicted octanol–water partition coefficient (Wildman–Crippen LogP) is 1.04. The number of carboxylic acid groups (broad SMARTS) is 1. The summed E-state index contributed by atoms with van der Waals surface area (Å²) in [6.07, 6.45) is -0.176. The zero-order chi connectivity index (χ0) is 12.8. The molecule has 0 atom stereocenters. The first-order valence-electron chi connectivity index (χ1n) is 4.88. The van der Waals surface area contributed by atoms with Gasteiger partial charge in [0.15, 0.2) is 11.6 Å². The van der Waals surface area contributed by atoms with Gasteiger partial charge in [-0.05, 0) is 18.2 Å².